The van der Waals surface area contributed by atoms with Gasteiger partial charge < -0.3 is 40.5 Å². The fourth-order valence-corrected chi connectivity index (χ4v) is 0.913. The summed E-state index contributed by atoms with van der Waals surface area (Å²) in [5.41, 5.74) is -0.491. The average molecular weight is 503 g/mol. The summed E-state index contributed by atoms with van der Waals surface area (Å²) in [5, 5.41) is 57.7. The first kappa shape index (κ1) is 38.7. The van der Waals surface area contributed by atoms with E-state index in [1.54, 1.807) is 24.3 Å². The Balaban J connectivity index is -0.000000169. The molecule has 11 heteroatoms. The van der Waals surface area contributed by atoms with Crippen molar-refractivity contribution < 1.29 is 54.9 Å². The number of hydrogen-bond acceptors (Lipinski definition) is 8. The van der Waals surface area contributed by atoms with Crippen LogP contribution in [0, 0.1) is 5.41 Å². The first-order chi connectivity index (χ1) is 16.3. The molecule has 1 aromatic carbocycles. The van der Waals surface area contributed by atoms with Crippen LogP contribution in [0.3, 0.4) is 0 Å². The number of carboxylic acid groups (broad SMARTS) is 3. The number of aliphatic hydroxyl groups excluding tert-OH is 3. The highest BCUT2D eigenvalue weighted by Crippen LogP contribution is 2.18. The molecule has 0 amide bonds. The molecule has 0 atom stereocenters. The molecule has 1 aliphatic rings. The third kappa shape index (κ3) is 38.1. The summed E-state index contributed by atoms with van der Waals surface area (Å²) >= 11 is 0. The molecule has 0 spiro atoms. The molecular formula is C24H38O11. The lowest BCUT2D eigenvalue weighted by Gasteiger charge is -2.24. The van der Waals surface area contributed by atoms with Crippen LogP contribution >= 0.6 is 0 Å². The van der Waals surface area contributed by atoms with E-state index in [4.69, 9.17) is 35.7 Å². The molecular weight excluding hydrogens is 464 g/mol. The molecule has 11 nitrogen and oxygen atoms in total. The van der Waals surface area contributed by atoms with Crippen molar-refractivity contribution in [2.45, 2.75) is 20.3 Å². The second-order valence-corrected chi connectivity index (χ2v) is 6.45. The van der Waals surface area contributed by atoms with Gasteiger partial charge in [-0.15, -0.1) is 0 Å². The molecule has 0 radical (unpaired) electrons. The number of aliphatic carboxylic acids is 3. The van der Waals surface area contributed by atoms with E-state index >= 15 is 0 Å². The molecule has 0 aliphatic carbocycles. The van der Waals surface area contributed by atoms with Gasteiger partial charge in [0.05, 0.1) is 33.0 Å². The van der Waals surface area contributed by atoms with E-state index in [2.05, 4.69) is 24.5 Å². The molecule has 0 aromatic heterocycles. The minimum Gasteiger partial charge on any atom is -0.508 e. The Morgan fingerprint density at radius 2 is 1.20 bits per heavy atom. The molecule has 1 aliphatic heterocycles. The number of carbonyl (C=O) groups is 3. The van der Waals surface area contributed by atoms with Gasteiger partial charge >= 0.3 is 17.9 Å². The van der Waals surface area contributed by atoms with Crippen molar-refractivity contribution in [3.05, 3.63) is 67.8 Å². The molecule has 7 N–H and O–H groups in total. The standard InChI is InChI=1S/C6H14O3.C6H6O.C4H6O2.2C3H4O2.C2H4O/c1-2-6(3-7,4-8)5-9;7-6-4-2-1-3-5-6;1-3(2)4(5)6;2*1-2-3(4)5;1-2-3-1/h7-9H,2-5H2,1H3;1-5,7H;1H2,2H3,(H,5,6);2*2H,1H2,(H,4,5);1-2H2. The Labute approximate surface area is 205 Å². The molecule has 0 unspecified atom stereocenters. The van der Waals surface area contributed by atoms with Crippen LogP contribution in [0.2, 0.25) is 0 Å². The highest BCUT2D eigenvalue weighted by molar-refractivity contribution is 5.84. The van der Waals surface area contributed by atoms with Gasteiger partial charge in [-0.05, 0) is 25.5 Å². The number of carboxylic acids is 3. The molecule has 1 saturated heterocycles. The predicted molar refractivity (Wildman–Crippen MR) is 131 cm³/mol. The average Bonchev–Trinajstić information content (AvgIpc) is 3.73. The minimum atomic E-state index is -0.981. The highest BCUT2D eigenvalue weighted by Gasteiger charge is 2.24. The van der Waals surface area contributed by atoms with Gasteiger partial charge in [-0.2, -0.15) is 0 Å². The van der Waals surface area contributed by atoms with Crippen LogP contribution in [0.15, 0.2) is 67.8 Å². The van der Waals surface area contributed by atoms with Gasteiger partial charge in [0.15, 0.2) is 0 Å². The van der Waals surface area contributed by atoms with E-state index in [0.717, 1.165) is 25.4 Å². The quantitative estimate of drug-likeness (QED) is 0.212. The van der Waals surface area contributed by atoms with Crippen LogP contribution in [0.5, 0.6) is 5.75 Å². The van der Waals surface area contributed by atoms with Crippen LogP contribution in [0.25, 0.3) is 0 Å². The van der Waals surface area contributed by atoms with Crippen LogP contribution in [0.4, 0.5) is 0 Å². The van der Waals surface area contributed by atoms with Crippen molar-refractivity contribution in [2.24, 2.45) is 5.41 Å². The number of rotatable bonds is 7. The molecule has 1 heterocycles. The van der Waals surface area contributed by atoms with Crippen molar-refractivity contribution in [1.82, 2.24) is 0 Å². The summed E-state index contributed by atoms with van der Waals surface area (Å²) in [6.45, 7) is 13.9. The van der Waals surface area contributed by atoms with Crippen molar-refractivity contribution in [3.63, 3.8) is 0 Å². The number of hydrogen-bond donors (Lipinski definition) is 7. The molecule has 2 rings (SSSR count). The van der Waals surface area contributed by atoms with Crippen molar-refractivity contribution >= 4 is 17.9 Å². The summed E-state index contributed by atoms with van der Waals surface area (Å²) in [6, 6.07) is 8.71. The Morgan fingerprint density at radius 3 is 1.26 bits per heavy atom. The summed E-state index contributed by atoms with van der Waals surface area (Å²) in [5.74, 6) is -2.58. The van der Waals surface area contributed by atoms with Crippen molar-refractivity contribution in [2.75, 3.05) is 33.0 Å². The van der Waals surface area contributed by atoms with Crippen LogP contribution < -0.4 is 0 Å². The number of para-hydroxylation sites is 1. The van der Waals surface area contributed by atoms with Gasteiger partial charge in [0.25, 0.3) is 0 Å². The molecule has 35 heavy (non-hydrogen) atoms. The zero-order valence-corrected chi connectivity index (χ0v) is 20.2. The summed E-state index contributed by atoms with van der Waals surface area (Å²) in [4.78, 5) is 28.1. The molecule has 200 valence electrons. The second kappa shape index (κ2) is 26.7. The zero-order chi connectivity index (χ0) is 28.3. The minimum absolute atomic E-state index is 0.156. The van der Waals surface area contributed by atoms with Crippen LogP contribution in [-0.2, 0) is 19.1 Å². The monoisotopic (exact) mass is 502 g/mol. The normalized spacial score (nSPS) is 9.97. The number of aliphatic hydroxyl groups is 3. The molecule has 0 bridgehead atoms. The topological polar surface area (TPSA) is 205 Å². The Hall–Kier alpha value is -3.51. The Kier molecular flexibility index (Phi) is 29.6. The fraction of sp³-hybridized carbons (Fsp3) is 0.375. The summed E-state index contributed by atoms with van der Waals surface area (Å²) in [6.07, 6.45) is 2.26. The maximum Gasteiger partial charge on any atom is 0.330 e. The maximum atomic E-state index is 9.60. The first-order valence-corrected chi connectivity index (χ1v) is 10.1. The maximum absolute atomic E-state index is 9.60. The third-order valence-electron chi connectivity index (χ3n) is 3.43. The number of phenolic OH excluding ortho intramolecular Hbond substituents is 1. The van der Waals surface area contributed by atoms with E-state index in [9.17, 15) is 14.4 Å². The first-order valence-electron chi connectivity index (χ1n) is 10.1. The van der Waals surface area contributed by atoms with Gasteiger partial charge in [-0.25, -0.2) is 14.4 Å². The van der Waals surface area contributed by atoms with E-state index in [-0.39, 0.29) is 25.4 Å². The number of epoxide rings is 1. The Morgan fingerprint density at radius 1 is 0.914 bits per heavy atom. The lowest BCUT2D eigenvalue weighted by atomic mass is 9.88. The van der Waals surface area contributed by atoms with E-state index < -0.39 is 23.3 Å². The van der Waals surface area contributed by atoms with E-state index in [1.807, 2.05) is 13.0 Å². The predicted octanol–water partition coefficient (Wildman–Crippen LogP) is 1.93. The molecule has 1 aromatic rings. The van der Waals surface area contributed by atoms with Gasteiger partial charge in [-0.3, -0.25) is 0 Å². The summed E-state index contributed by atoms with van der Waals surface area (Å²) < 4.78 is 4.50. The number of benzene rings is 1. The number of aromatic hydroxyl groups is 1. The Bertz CT molecular complexity index is 659. The summed E-state index contributed by atoms with van der Waals surface area (Å²) in [7, 11) is 0. The van der Waals surface area contributed by atoms with Gasteiger partial charge in [0, 0.05) is 23.1 Å². The van der Waals surface area contributed by atoms with Crippen molar-refractivity contribution in [3.8, 4) is 5.75 Å². The van der Waals surface area contributed by atoms with Crippen LogP contribution in [-0.4, -0.2) is 86.7 Å². The van der Waals surface area contributed by atoms with Crippen LogP contribution in [0.1, 0.15) is 20.3 Å². The highest BCUT2D eigenvalue weighted by atomic mass is 16.6. The zero-order valence-electron chi connectivity index (χ0n) is 20.2. The number of ether oxygens (including phenoxy) is 1. The van der Waals surface area contributed by atoms with Gasteiger partial charge in [-0.1, -0.05) is 44.9 Å². The van der Waals surface area contributed by atoms with Gasteiger partial charge in [0.2, 0.25) is 0 Å². The lowest BCUT2D eigenvalue weighted by Crippen LogP contribution is -2.32. The fourth-order valence-electron chi connectivity index (χ4n) is 0.913. The van der Waals surface area contributed by atoms with Crippen molar-refractivity contribution in [1.29, 1.82) is 0 Å². The SMILES string of the molecule is C1CO1.C=C(C)C(=O)O.C=CC(=O)O.C=CC(=O)O.CCC(CO)(CO)CO.Oc1ccccc1. The smallest absolute Gasteiger partial charge is 0.330 e. The van der Waals surface area contributed by atoms with Gasteiger partial charge in [0.1, 0.15) is 5.75 Å². The molecule has 0 saturated carbocycles. The second-order valence-electron chi connectivity index (χ2n) is 6.45. The largest absolute Gasteiger partial charge is 0.508 e. The van der Waals surface area contributed by atoms with E-state index in [1.165, 1.54) is 6.92 Å². The molecule has 1 fully saturated rings. The lowest BCUT2D eigenvalue weighted by molar-refractivity contribution is -0.133. The van der Waals surface area contributed by atoms with E-state index in [0.29, 0.717) is 12.2 Å². The number of phenols is 1. The third-order valence-corrected chi connectivity index (χ3v) is 3.43.